The van der Waals surface area contributed by atoms with E-state index in [9.17, 15) is 30.3 Å². The quantitative estimate of drug-likeness (QED) is 0.226. The van der Waals surface area contributed by atoms with Gasteiger partial charge in [0.05, 0.1) is 60.5 Å². The Bertz CT molecular complexity index is 1080. The molecule has 1 unspecified atom stereocenters. The average Bonchev–Trinajstić information content (AvgIpc) is 3.67. The van der Waals surface area contributed by atoms with E-state index >= 15 is 0 Å². The van der Waals surface area contributed by atoms with Crippen LogP contribution in [0.1, 0.15) is 93.4 Å². The van der Waals surface area contributed by atoms with Crippen LogP contribution in [0, 0.1) is 29.6 Å². The van der Waals surface area contributed by atoms with Crippen LogP contribution in [0.25, 0.3) is 0 Å². The SMILES string of the molecule is C[C@@H]([C@@H](O)[C@H](N)C(=O)O)[C@H]1O[C@@]2(CC[C@@](C)([C@H]3CC[C@@](C)([C@@H]4OC([C@H]5O[C@@](O)(CO)[C@H](C)C[C@@H]5C)C[C@@H]4C)O3)O2)C[C@H](O)[C@H]1C. The largest absolute Gasteiger partial charge is 0.480 e. The van der Waals surface area contributed by atoms with Crippen molar-refractivity contribution in [2.24, 2.45) is 35.3 Å². The molecule has 5 aliphatic heterocycles. The highest BCUT2D eigenvalue weighted by Crippen LogP contribution is 2.54. The van der Waals surface area contributed by atoms with Gasteiger partial charge in [-0.15, -0.1) is 0 Å². The van der Waals surface area contributed by atoms with Crippen molar-refractivity contribution >= 4 is 5.97 Å². The predicted molar refractivity (Wildman–Crippen MR) is 162 cm³/mol. The molecule has 5 saturated heterocycles. The zero-order valence-corrected chi connectivity index (χ0v) is 27.9. The second-order valence-electron chi connectivity index (χ2n) is 15.7. The number of carboxylic acids is 1. The fraction of sp³-hybridized carbons (Fsp3) is 0.970. The maximum absolute atomic E-state index is 11.4. The van der Waals surface area contributed by atoms with E-state index in [0.29, 0.717) is 12.8 Å². The summed E-state index contributed by atoms with van der Waals surface area (Å²) in [4.78, 5) is 11.4. The summed E-state index contributed by atoms with van der Waals surface area (Å²) in [7, 11) is 0. The lowest BCUT2D eigenvalue weighted by Gasteiger charge is -2.48. The van der Waals surface area contributed by atoms with Crippen LogP contribution in [0.5, 0.6) is 0 Å². The normalized spacial score (nSPS) is 52.6. The van der Waals surface area contributed by atoms with Crippen molar-refractivity contribution < 1.29 is 54.0 Å². The van der Waals surface area contributed by atoms with Gasteiger partial charge in [-0.3, -0.25) is 4.79 Å². The minimum atomic E-state index is -1.57. The molecule has 7 N–H and O–H groups in total. The zero-order chi connectivity index (χ0) is 33.3. The van der Waals surface area contributed by atoms with Crippen molar-refractivity contribution in [3.8, 4) is 0 Å². The van der Waals surface area contributed by atoms with Gasteiger partial charge in [0.15, 0.2) is 11.6 Å². The zero-order valence-electron chi connectivity index (χ0n) is 27.9. The van der Waals surface area contributed by atoms with Gasteiger partial charge in [0.25, 0.3) is 0 Å². The van der Waals surface area contributed by atoms with Gasteiger partial charge in [-0.1, -0.05) is 34.6 Å². The van der Waals surface area contributed by atoms with Crippen LogP contribution in [-0.2, 0) is 28.5 Å². The molecule has 0 amide bonds. The minimum Gasteiger partial charge on any atom is -0.480 e. The summed E-state index contributed by atoms with van der Waals surface area (Å²) in [5.41, 5.74) is 4.46. The van der Waals surface area contributed by atoms with Gasteiger partial charge >= 0.3 is 5.97 Å². The molecular formula is C33H57NO11. The lowest BCUT2D eigenvalue weighted by atomic mass is 9.79. The van der Waals surface area contributed by atoms with Gasteiger partial charge in [-0.25, -0.2) is 0 Å². The highest BCUT2D eigenvalue weighted by atomic mass is 16.7. The van der Waals surface area contributed by atoms with Crippen LogP contribution in [0.15, 0.2) is 0 Å². The molecule has 17 atom stereocenters. The number of aliphatic hydroxyl groups is 4. The van der Waals surface area contributed by atoms with Crippen LogP contribution in [0.4, 0.5) is 0 Å². The van der Waals surface area contributed by atoms with E-state index in [-0.39, 0.29) is 54.5 Å². The Hall–Kier alpha value is -0.930. The molecule has 0 radical (unpaired) electrons. The monoisotopic (exact) mass is 643 g/mol. The minimum absolute atomic E-state index is 0.163. The summed E-state index contributed by atoms with van der Waals surface area (Å²) in [5, 5.41) is 51.9. The Morgan fingerprint density at radius 1 is 1.00 bits per heavy atom. The third kappa shape index (κ3) is 6.34. The number of ether oxygens (including phenoxy) is 5. The maximum atomic E-state index is 11.4. The first-order valence-electron chi connectivity index (χ1n) is 16.9. The Balaban J connectivity index is 1.25. The molecule has 12 heteroatoms. The molecule has 0 aliphatic carbocycles. The Labute approximate surface area is 266 Å². The van der Waals surface area contributed by atoms with Crippen LogP contribution in [-0.4, -0.2) is 110 Å². The molecule has 0 aromatic rings. The Kier molecular flexibility index (Phi) is 9.83. The van der Waals surface area contributed by atoms with E-state index in [2.05, 4.69) is 20.8 Å². The molecule has 0 bridgehead atoms. The number of carbonyl (C=O) groups is 1. The number of carboxylic acid groups (broad SMARTS) is 1. The van der Waals surface area contributed by atoms with Crippen molar-refractivity contribution in [3.05, 3.63) is 0 Å². The van der Waals surface area contributed by atoms with Gasteiger partial charge < -0.3 is 55.0 Å². The first kappa shape index (κ1) is 35.4. The molecule has 0 aromatic heterocycles. The predicted octanol–water partition coefficient (Wildman–Crippen LogP) is 1.92. The Morgan fingerprint density at radius 3 is 2.33 bits per heavy atom. The molecule has 0 saturated carbocycles. The summed E-state index contributed by atoms with van der Waals surface area (Å²) < 4.78 is 33.0. The van der Waals surface area contributed by atoms with Crippen molar-refractivity contribution in [2.75, 3.05) is 6.61 Å². The summed E-state index contributed by atoms with van der Waals surface area (Å²) in [6.45, 7) is 13.3. The van der Waals surface area contributed by atoms with Crippen molar-refractivity contribution in [2.45, 2.75) is 165 Å². The molecule has 12 nitrogen and oxygen atoms in total. The number of hydrogen-bond acceptors (Lipinski definition) is 11. The van der Waals surface area contributed by atoms with Gasteiger partial charge in [0.1, 0.15) is 6.04 Å². The first-order chi connectivity index (χ1) is 20.9. The lowest BCUT2D eigenvalue weighted by molar-refractivity contribution is -0.335. The van der Waals surface area contributed by atoms with Crippen molar-refractivity contribution in [1.82, 2.24) is 0 Å². The molecule has 5 heterocycles. The summed E-state index contributed by atoms with van der Waals surface area (Å²) >= 11 is 0. The fourth-order valence-corrected chi connectivity index (χ4v) is 9.10. The van der Waals surface area contributed by atoms with Gasteiger partial charge in [-0.05, 0) is 57.8 Å². The van der Waals surface area contributed by atoms with Crippen molar-refractivity contribution in [3.63, 3.8) is 0 Å². The number of aliphatic carboxylic acids is 1. The second-order valence-corrected chi connectivity index (χ2v) is 15.7. The van der Waals surface area contributed by atoms with Crippen LogP contribution in [0.3, 0.4) is 0 Å². The molecule has 5 fully saturated rings. The Morgan fingerprint density at radius 2 is 1.69 bits per heavy atom. The molecule has 5 rings (SSSR count). The van der Waals surface area contributed by atoms with E-state index in [1.165, 1.54) is 0 Å². The number of aliphatic hydroxyl groups excluding tert-OH is 3. The topological polar surface area (TPSA) is 190 Å². The second kappa shape index (κ2) is 12.5. The highest BCUT2D eigenvalue weighted by molar-refractivity contribution is 5.73. The van der Waals surface area contributed by atoms with E-state index in [4.69, 9.17) is 29.4 Å². The average molecular weight is 644 g/mol. The molecule has 45 heavy (non-hydrogen) atoms. The third-order valence-electron chi connectivity index (χ3n) is 12.2. The third-order valence-corrected chi connectivity index (χ3v) is 12.2. The summed E-state index contributed by atoms with van der Waals surface area (Å²) in [6, 6.07) is -1.47. The highest BCUT2D eigenvalue weighted by Gasteiger charge is 2.61. The molecule has 5 aliphatic rings. The molecular weight excluding hydrogens is 586 g/mol. The standard InChI is InChI=1S/C33H57NO11/c1-16-12-18(3)33(40,15-35)44-26(16)22-13-17(2)28(41-22)31(7)9-8-23(42-31)30(6)10-11-32(45-30)14-21(36)19(4)27(43-32)20(5)25(37)24(34)29(38)39/h16-28,35-37,40H,8-15,34H2,1-7H3,(H,38,39)/t16-,17-,18+,19+,20-,21-,22?,23+,24-,25+,26-,27-,28+,30-,31-,32+,33-/m0/s1. The van der Waals surface area contributed by atoms with Crippen LogP contribution in [0.2, 0.25) is 0 Å². The van der Waals surface area contributed by atoms with Crippen molar-refractivity contribution in [1.29, 1.82) is 0 Å². The first-order valence-corrected chi connectivity index (χ1v) is 16.9. The summed E-state index contributed by atoms with van der Waals surface area (Å²) in [5.74, 6) is -4.81. The number of nitrogens with two attached hydrogens (primary N) is 1. The van der Waals surface area contributed by atoms with Gasteiger partial charge in [-0.2, -0.15) is 0 Å². The van der Waals surface area contributed by atoms with Gasteiger partial charge in [0.2, 0.25) is 0 Å². The van der Waals surface area contributed by atoms with E-state index in [1.807, 2.05) is 20.8 Å². The molecule has 1 spiro atoms. The molecule has 0 aromatic carbocycles. The smallest absolute Gasteiger partial charge is 0.323 e. The number of rotatable bonds is 8. The number of hydrogen-bond donors (Lipinski definition) is 6. The van der Waals surface area contributed by atoms with Gasteiger partial charge in [0, 0.05) is 30.6 Å². The van der Waals surface area contributed by atoms with E-state index < -0.39 is 65.6 Å². The van der Waals surface area contributed by atoms with Crippen LogP contribution < -0.4 is 5.73 Å². The molecule has 260 valence electrons. The van der Waals surface area contributed by atoms with E-state index in [1.54, 1.807) is 6.92 Å². The van der Waals surface area contributed by atoms with Crippen LogP contribution >= 0.6 is 0 Å². The van der Waals surface area contributed by atoms with E-state index in [0.717, 1.165) is 25.7 Å². The maximum Gasteiger partial charge on any atom is 0.323 e. The lowest BCUT2D eigenvalue weighted by Crippen LogP contribution is -2.58. The fourth-order valence-electron chi connectivity index (χ4n) is 9.10. The summed E-state index contributed by atoms with van der Waals surface area (Å²) in [6.07, 6.45) is 0.656.